The molecule has 4 aromatic rings. The molecule has 0 spiro atoms. The Morgan fingerprint density at radius 2 is 1.50 bits per heavy atom. The number of carbonyl (C=O) groups excluding carboxylic acids is 1. The van der Waals surface area contributed by atoms with Gasteiger partial charge in [0.2, 0.25) is 5.78 Å². The molecule has 0 aliphatic carbocycles. The number of ether oxygens (including phenoxy) is 1. The molecule has 0 radical (unpaired) electrons. The molecule has 4 heteroatoms. The molecule has 2 nitrogen and oxygen atoms in total. The summed E-state index contributed by atoms with van der Waals surface area (Å²) in [6.45, 7) is 0. The quantitative estimate of drug-likeness (QED) is 0.271. The van der Waals surface area contributed by atoms with Gasteiger partial charge in [0.05, 0.1) is 6.26 Å². The molecule has 1 aliphatic rings. The molecule has 0 bridgehead atoms. The average Bonchev–Trinajstić information content (AvgIpc) is 3.27. The number of rotatable bonds is 7. The van der Waals surface area contributed by atoms with E-state index in [0.717, 1.165) is 11.3 Å². The summed E-state index contributed by atoms with van der Waals surface area (Å²) in [7, 11) is 0. The van der Waals surface area contributed by atoms with Crippen molar-refractivity contribution in [1.82, 2.24) is 0 Å². The second-order valence-electron chi connectivity index (χ2n) is 7.64. The molecule has 0 saturated carbocycles. The van der Waals surface area contributed by atoms with Crippen LogP contribution in [0.15, 0.2) is 114 Å². The third-order valence-electron chi connectivity index (χ3n) is 5.44. The number of hydrogen-bond donors (Lipinski definition) is 0. The fraction of sp³-hybridized carbons (Fsp3) is 0.107. The van der Waals surface area contributed by atoms with Crippen molar-refractivity contribution in [2.75, 3.05) is 0 Å². The number of fused-ring (bicyclic) bond motifs is 1. The molecule has 1 atom stereocenters. The molecule has 32 heavy (non-hydrogen) atoms. The van der Waals surface area contributed by atoms with E-state index >= 15 is 0 Å². The largest absolute Gasteiger partial charge is 0.466 e. The lowest BCUT2D eigenvalue weighted by Crippen LogP contribution is -2.31. The molecule has 5 rings (SSSR count). The SMILES string of the molecule is O=C(c1ccccc1)C1(SCc2cccc3ccccc23)OC=C(Cc2ccccc2)S1. The van der Waals surface area contributed by atoms with Crippen molar-refractivity contribution in [3.05, 3.63) is 131 Å². The van der Waals surface area contributed by atoms with E-state index in [4.69, 9.17) is 4.74 Å². The zero-order chi connectivity index (χ0) is 21.8. The van der Waals surface area contributed by atoms with Gasteiger partial charge in [-0.1, -0.05) is 127 Å². The number of benzene rings is 4. The lowest BCUT2D eigenvalue weighted by atomic mass is 10.1. The molecule has 0 saturated heterocycles. The van der Waals surface area contributed by atoms with Crippen LogP contribution in [0, 0.1) is 0 Å². The molecular formula is C28H22O2S2. The van der Waals surface area contributed by atoms with Crippen molar-refractivity contribution in [2.24, 2.45) is 0 Å². The van der Waals surface area contributed by atoms with Gasteiger partial charge in [-0.25, -0.2) is 0 Å². The molecule has 0 N–H and O–H groups in total. The molecule has 1 unspecified atom stereocenters. The zero-order valence-electron chi connectivity index (χ0n) is 17.4. The zero-order valence-corrected chi connectivity index (χ0v) is 19.1. The van der Waals surface area contributed by atoms with Crippen LogP contribution in [0.5, 0.6) is 0 Å². The fourth-order valence-electron chi connectivity index (χ4n) is 3.83. The van der Waals surface area contributed by atoms with Crippen LogP contribution < -0.4 is 0 Å². The van der Waals surface area contributed by atoms with E-state index in [1.807, 2.05) is 48.5 Å². The molecule has 1 heterocycles. The van der Waals surface area contributed by atoms with Crippen molar-refractivity contribution in [1.29, 1.82) is 0 Å². The number of hydrogen-bond acceptors (Lipinski definition) is 4. The van der Waals surface area contributed by atoms with E-state index in [1.165, 1.54) is 33.7 Å². The first-order valence-electron chi connectivity index (χ1n) is 10.5. The minimum Gasteiger partial charge on any atom is -0.466 e. The maximum Gasteiger partial charge on any atom is 0.268 e. The lowest BCUT2D eigenvalue weighted by molar-refractivity contribution is 0.0809. The predicted molar refractivity (Wildman–Crippen MR) is 136 cm³/mol. The summed E-state index contributed by atoms with van der Waals surface area (Å²) >= 11 is 3.09. The normalized spacial score (nSPS) is 17.7. The van der Waals surface area contributed by atoms with Crippen molar-refractivity contribution in [2.45, 2.75) is 16.4 Å². The van der Waals surface area contributed by atoms with Crippen LogP contribution in [-0.4, -0.2) is 10.0 Å². The van der Waals surface area contributed by atoms with Gasteiger partial charge in [0.1, 0.15) is 0 Å². The Balaban J connectivity index is 1.42. The monoisotopic (exact) mass is 454 g/mol. The minimum absolute atomic E-state index is 0.00681. The van der Waals surface area contributed by atoms with Gasteiger partial charge in [-0.2, -0.15) is 0 Å². The van der Waals surface area contributed by atoms with Crippen LogP contribution in [0.3, 0.4) is 0 Å². The van der Waals surface area contributed by atoms with Gasteiger partial charge >= 0.3 is 0 Å². The summed E-state index contributed by atoms with van der Waals surface area (Å²) in [6.07, 6.45) is 2.53. The Morgan fingerprint density at radius 1 is 0.812 bits per heavy atom. The molecule has 0 aromatic heterocycles. The van der Waals surface area contributed by atoms with Crippen LogP contribution >= 0.6 is 23.5 Å². The van der Waals surface area contributed by atoms with Crippen molar-refractivity contribution in [3.8, 4) is 0 Å². The van der Waals surface area contributed by atoms with E-state index < -0.39 is 4.27 Å². The summed E-state index contributed by atoms with van der Waals surface area (Å²) in [6, 6.07) is 34.4. The van der Waals surface area contributed by atoms with Gasteiger partial charge in [0, 0.05) is 22.6 Å². The highest BCUT2D eigenvalue weighted by molar-refractivity contribution is 8.20. The van der Waals surface area contributed by atoms with Crippen LogP contribution in [0.1, 0.15) is 21.5 Å². The summed E-state index contributed by atoms with van der Waals surface area (Å²) in [5, 5.41) is 2.42. The maximum atomic E-state index is 13.7. The first-order chi connectivity index (χ1) is 15.7. The van der Waals surface area contributed by atoms with E-state index in [1.54, 1.807) is 18.0 Å². The van der Waals surface area contributed by atoms with E-state index in [9.17, 15) is 4.79 Å². The van der Waals surface area contributed by atoms with Crippen LogP contribution in [0.25, 0.3) is 10.8 Å². The number of Topliss-reactive ketones (excluding diaryl/α,β-unsaturated/α-hetero) is 1. The molecule has 1 aliphatic heterocycles. The standard InChI is InChI=1S/C28H22O2S2/c29-27(23-13-5-2-6-14-23)28(30-19-25(32-28)18-21-10-3-1-4-11-21)31-20-24-16-9-15-22-12-7-8-17-26(22)24/h1-17,19H,18,20H2. The predicted octanol–water partition coefficient (Wildman–Crippen LogP) is 7.46. The Hall–Kier alpha value is -2.95. The highest BCUT2D eigenvalue weighted by Crippen LogP contribution is 2.51. The van der Waals surface area contributed by atoms with Crippen LogP contribution in [0.2, 0.25) is 0 Å². The van der Waals surface area contributed by atoms with Gasteiger partial charge in [0.25, 0.3) is 4.27 Å². The lowest BCUT2D eigenvalue weighted by Gasteiger charge is -2.26. The first-order valence-corrected chi connectivity index (χ1v) is 12.3. The summed E-state index contributed by atoms with van der Waals surface area (Å²) in [5.41, 5.74) is 3.07. The topological polar surface area (TPSA) is 26.3 Å². The Kier molecular flexibility index (Phi) is 6.06. The van der Waals surface area contributed by atoms with Gasteiger partial charge in [-0.05, 0) is 21.9 Å². The first kappa shape index (κ1) is 20.9. The second-order valence-corrected chi connectivity index (χ2v) is 10.4. The van der Waals surface area contributed by atoms with Gasteiger partial charge in [0.15, 0.2) is 0 Å². The van der Waals surface area contributed by atoms with Gasteiger partial charge in [-0.3, -0.25) is 4.79 Å². The van der Waals surface area contributed by atoms with Crippen LogP contribution in [0.4, 0.5) is 0 Å². The molecule has 158 valence electrons. The number of carbonyl (C=O) groups is 1. The highest BCUT2D eigenvalue weighted by atomic mass is 32.2. The number of ketones is 1. The highest BCUT2D eigenvalue weighted by Gasteiger charge is 2.46. The molecule has 0 fully saturated rings. The Morgan fingerprint density at radius 3 is 2.31 bits per heavy atom. The third kappa shape index (κ3) is 4.34. The summed E-state index contributed by atoms with van der Waals surface area (Å²) in [4.78, 5) is 14.7. The number of thioether (sulfide) groups is 2. The Bertz CT molecular complexity index is 1260. The van der Waals surface area contributed by atoms with Crippen molar-refractivity contribution < 1.29 is 9.53 Å². The maximum absolute atomic E-state index is 13.7. The van der Waals surface area contributed by atoms with E-state index in [2.05, 4.69) is 54.6 Å². The second kappa shape index (κ2) is 9.27. The fourth-order valence-corrected chi connectivity index (χ4v) is 6.51. The van der Waals surface area contributed by atoms with Gasteiger partial charge < -0.3 is 4.74 Å². The van der Waals surface area contributed by atoms with Crippen LogP contribution in [-0.2, 0) is 16.9 Å². The van der Waals surface area contributed by atoms with Crippen molar-refractivity contribution in [3.63, 3.8) is 0 Å². The average molecular weight is 455 g/mol. The minimum atomic E-state index is -1.03. The smallest absolute Gasteiger partial charge is 0.268 e. The van der Waals surface area contributed by atoms with E-state index in [-0.39, 0.29) is 5.78 Å². The van der Waals surface area contributed by atoms with Gasteiger partial charge in [-0.15, -0.1) is 0 Å². The summed E-state index contributed by atoms with van der Waals surface area (Å²) < 4.78 is 5.16. The Labute approximate surface area is 196 Å². The molecular weight excluding hydrogens is 432 g/mol. The van der Waals surface area contributed by atoms with Crippen molar-refractivity contribution >= 4 is 40.1 Å². The molecule has 0 amide bonds. The summed E-state index contributed by atoms with van der Waals surface area (Å²) in [5.74, 6) is 0.673. The number of allylic oxidation sites excluding steroid dienone is 1. The van der Waals surface area contributed by atoms with E-state index in [0.29, 0.717) is 11.3 Å². The molecule has 4 aromatic carbocycles. The third-order valence-corrected chi connectivity index (χ3v) is 8.22.